The van der Waals surface area contributed by atoms with Crippen LogP contribution in [0, 0.1) is 11.3 Å². The van der Waals surface area contributed by atoms with E-state index in [1.807, 2.05) is 6.07 Å². The van der Waals surface area contributed by atoms with Gasteiger partial charge in [-0.1, -0.05) is 12.1 Å². The van der Waals surface area contributed by atoms with E-state index < -0.39 is 5.97 Å². The largest absolute Gasteiger partial charge is 0.508 e. The molecule has 26 heavy (non-hydrogen) atoms. The third kappa shape index (κ3) is 5.01. The summed E-state index contributed by atoms with van der Waals surface area (Å²) in [5, 5.41) is 28.2. The van der Waals surface area contributed by atoms with Gasteiger partial charge in [0, 0.05) is 6.42 Å². The van der Waals surface area contributed by atoms with Gasteiger partial charge in [-0.25, -0.2) is 4.79 Å². The number of esters is 1. The number of nitriles is 1. The standard InChI is InChI=1S/C19H16BrNO5/c1-25-17-10-13(9-16(20)18(17)23)8-14(11-21)19(24)26-7-6-12-2-4-15(22)5-3-12/h2-5,8-10,22-23H,6-7H2,1H3/b14-8+. The molecular weight excluding hydrogens is 402 g/mol. The zero-order valence-electron chi connectivity index (χ0n) is 13.9. The van der Waals surface area contributed by atoms with Gasteiger partial charge in [0.05, 0.1) is 18.2 Å². The molecule has 2 aromatic rings. The van der Waals surface area contributed by atoms with Crippen LogP contribution in [0.15, 0.2) is 46.4 Å². The van der Waals surface area contributed by atoms with Gasteiger partial charge in [-0.05, 0) is 57.4 Å². The number of aromatic hydroxyl groups is 2. The molecule has 7 heteroatoms. The first kappa shape index (κ1) is 19.3. The molecule has 0 amide bonds. The van der Waals surface area contributed by atoms with Crippen LogP contribution in [0.1, 0.15) is 11.1 Å². The van der Waals surface area contributed by atoms with E-state index in [-0.39, 0.29) is 29.4 Å². The van der Waals surface area contributed by atoms with E-state index in [9.17, 15) is 20.3 Å². The Morgan fingerprint density at radius 2 is 1.96 bits per heavy atom. The molecule has 0 heterocycles. The van der Waals surface area contributed by atoms with Crippen molar-refractivity contribution in [3.8, 4) is 23.3 Å². The summed E-state index contributed by atoms with van der Waals surface area (Å²) in [5.41, 5.74) is 1.22. The van der Waals surface area contributed by atoms with Crippen molar-refractivity contribution in [1.29, 1.82) is 5.26 Å². The van der Waals surface area contributed by atoms with Crippen LogP contribution >= 0.6 is 15.9 Å². The molecule has 0 aliphatic rings. The Balaban J connectivity index is 2.06. The van der Waals surface area contributed by atoms with Crippen molar-refractivity contribution >= 4 is 28.0 Å². The van der Waals surface area contributed by atoms with Gasteiger partial charge >= 0.3 is 5.97 Å². The number of phenolic OH excluding ortho intramolecular Hbond substituents is 2. The molecule has 0 radical (unpaired) electrons. The van der Waals surface area contributed by atoms with Crippen LogP contribution in [0.5, 0.6) is 17.2 Å². The lowest BCUT2D eigenvalue weighted by atomic mass is 10.1. The van der Waals surface area contributed by atoms with Crippen LogP contribution in [0.4, 0.5) is 0 Å². The van der Waals surface area contributed by atoms with Crippen LogP contribution in [-0.4, -0.2) is 29.9 Å². The van der Waals surface area contributed by atoms with Gasteiger partial charge in [0.1, 0.15) is 17.4 Å². The number of ether oxygens (including phenoxy) is 2. The first-order valence-electron chi connectivity index (χ1n) is 7.58. The molecule has 0 spiro atoms. The van der Waals surface area contributed by atoms with E-state index in [2.05, 4.69) is 15.9 Å². The van der Waals surface area contributed by atoms with Crippen molar-refractivity contribution in [3.63, 3.8) is 0 Å². The lowest BCUT2D eigenvalue weighted by Crippen LogP contribution is -2.09. The Bertz CT molecular complexity index is 869. The number of benzene rings is 2. The molecule has 134 valence electrons. The Morgan fingerprint density at radius 1 is 1.27 bits per heavy atom. The maximum absolute atomic E-state index is 12.1. The van der Waals surface area contributed by atoms with Crippen molar-refractivity contribution in [2.24, 2.45) is 0 Å². The number of hydrogen-bond donors (Lipinski definition) is 2. The van der Waals surface area contributed by atoms with Crippen molar-refractivity contribution in [2.45, 2.75) is 6.42 Å². The van der Waals surface area contributed by atoms with Crippen LogP contribution < -0.4 is 4.74 Å². The van der Waals surface area contributed by atoms with E-state index in [0.29, 0.717) is 16.5 Å². The second-order valence-electron chi connectivity index (χ2n) is 5.28. The maximum Gasteiger partial charge on any atom is 0.348 e. The number of phenols is 2. The summed E-state index contributed by atoms with van der Waals surface area (Å²) >= 11 is 3.18. The number of carbonyl (C=O) groups is 1. The summed E-state index contributed by atoms with van der Waals surface area (Å²) in [6.45, 7) is 0.102. The molecular formula is C19H16BrNO5. The normalized spacial score (nSPS) is 10.9. The molecule has 0 bridgehead atoms. The van der Waals surface area contributed by atoms with Gasteiger partial charge in [-0.15, -0.1) is 0 Å². The summed E-state index contributed by atoms with van der Waals surface area (Å²) in [5.74, 6) is -0.436. The lowest BCUT2D eigenvalue weighted by Gasteiger charge is -2.07. The Labute approximate surface area is 159 Å². The molecule has 0 saturated carbocycles. The highest BCUT2D eigenvalue weighted by atomic mass is 79.9. The molecule has 0 fully saturated rings. The smallest absolute Gasteiger partial charge is 0.348 e. The monoisotopic (exact) mass is 417 g/mol. The number of halogens is 1. The average molecular weight is 418 g/mol. The lowest BCUT2D eigenvalue weighted by molar-refractivity contribution is -0.138. The Kier molecular flexibility index (Phi) is 6.64. The maximum atomic E-state index is 12.1. The molecule has 0 atom stereocenters. The van der Waals surface area contributed by atoms with Gasteiger partial charge in [0.15, 0.2) is 11.5 Å². The average Bonchev–Trinajstić information content (AvgIpc) is 2.63. The molecule has 2 aromatic carbocycles. The third-order valence-corrected chi connectivity index (χ3v) is 4.09. The predicted molar refractivity (Wildman–Crippen MR) is 98.7 cm³/mol. The second-order valence-corrected chi connectivity index (χ2v) is 6.13. The van der Waals surface area contributed by atoms with E-state index in [1.165, 1.54) is 19.3 Å². The minimum absolute atomic E-state index is 0.0698. The molecule has 6 nitrogen and oxygen atoms in total. The van der Waals surface area contributed by atoms with Gasteiger partial charge in [-0.3, -0.25) is 0 Å². The highest BCUT2D eigenvalue weighted by Gasteiger charge is 2.13. The van der Waals surface area contributed by atoms with Crippen molar-refractivity contribution in [1.82, 2.24) is 0 Å². The summed E-state index contributed by atoms with van der Waals surface area (Å²) < 4.78 is 10.5. The van der Waals surface area contributed by atoms with Gasteiger partial charge in [0.2, 0.25) is 0 Å². The molecule has 2 N–H and O–H groups in total. The summed E-state index contributed by atoms with van der Waals surface area (Å²) in [7, 11) is 1.40. The minimum atomic E-state index is -0.741. The first-order valence-corrected chi connectivity index (χ1v) is 8.37. The van der Waals surface area contributed by atoms with Crippen LogP contribution in [0.2, 0.25) is 0 Å². The number of nitrogens with zero attached hydrogens (tertiary/aromatic N) is 1. The molecule has 2 rings (SSSR count). The van der Waals surface area contributed by atoms with E-state index in [1.54, 1.807) is 30.3 Å². The number of hydrogen-bond acceptors (Lipinski definition) is 6. The zero-order valence-corrected chi connectivity index (χ0v) is 15.5. The molecule has 0 saturated heterocycles. The molecule has 0 aromatic heterocycles. The zero-order chi connectivity index (χ0) is 19.1. The number of methoxy groups -OCH3 is 1. The number of rotatable bonds is 6. The van der Waals surface area contributed by atoms with Crippen molar-refractivity contribution in [3.05, 3.63) is 57.6 Å². The highest BCUT2D eigenvalue weighted by molar-refractivity contribution is 9.10. The first-order chi connectivity index (χ1) is 12.4. The minimum Gasteiger partial charge on any atom is -0.508 e. The van der Waals surface area contributed by atoms with E-state index in [4.69, 9.17) is 9.47 Å². The van der Waals surface area contributed by atoms with Crippen molar-refractivity contribution in [2.75, 3.05) is 13.7 Å². The van der Waals surface area contributed by atoms with E-state index in [0.717, 1.165) is 5.56 Å². The van der Waals surface area contributed by atoms with Crippen LogP contribution in [0.25, 0.3) is 6.08 Å². The molecule has 0 aliphatic carbocycles. The third-order valence-electron chi connectivity index (χ3n) is 3.48. The molecule has 0 unspecified atom stereocenters. The Hall–Kier alpha value is -2.98. The summed E-state index contributed by atoms with van der Waals surface area (Å²) in [6, 6.07) is 11.4. The quantitative estimate of drug-likeness (QED) is 0.423. The fourth-order valence-electron chi connectivity index (χ4n) is 2.14. The summed E-state index contributed by atoms with van der Waals surface area (Å²) in [6.07, 6.45) is 1.82. The highest BCUT2D eigenvalue weighted by Crippen LogP contribution is 2.35. The van der Waals surface area contributed by atoms with Crippen LogP contribution in [-0.2, 0) is 16.0 Å². The van der Waals surface area contributed by atoms with Gasteiger partial charge in [-0.2, -0.15) is 5.26 Å². The Morgan fingerprint density at radius 3 is 2.58 bits per heavy atom. The van der Waals surface area contributed by atoms with E-state index >= 15 is 0 Å². The van der Waals surface area contributed by atoms with Gasteiger partial charge < -0.3 is 19.7 Å². The predicted octanol–water partition coefficient (Wildman–Crippen LogP) is 3.56. The number of carbonyl (C=O) groups excluding carboxylic acids is 1. The fraction of sp³-hybridized carbons (Fsp3) is 0.158. The molecule has 0 aliphatic heterocycles. The topological polar surface area (TPSA) is 99.8 Å². The second kappa shape index (κ2) is 8.92. The van der Waals surface area contributed by atoms with Crippen LogP contribution in [0.3, 0.4) is 0 Å². The van der Waals surface area contributed by atoms with Gasteiger partial charge in [0.25, 0.3) is 0 Å². The SMILES string of the molecule is COc1cc(/C=C(\C#N)C(=O)OCCc2ccc(O)cc2)cc(Br)c1O. The van der Waals surface area contributed by atoms with Crippen molar-refractivity contribution < 1.29 is 24.5 Å². The fourth-order valence-corrected chi connectivity index (χ4v) is 2.60. The summed E-state index contributed by atoms with van der Waals surface area (Å²) in [4.78, 5) is 12.1.